The van der Waals surface area contributed by atoms with Crippen LogP contribution in [0.1, 0.15) is 25.8 Å². The Balaban J connectivity index is 1.87. The molecule has 0 aromatic heterocycles. The number of benzene rings is 1. The summed E-state index contributed by atoms with van der Waals surface area (Å²) >= 11 is 0. The van der Waals surface area contributed by atoms with Crippen molar-refractivity contribution in [3.05, 3.63) is 29.8 Å². The van der Waals surface area contributed by atoms with E-state index in [-0.39, 0.29) is 11.8 Å². The zero-order valence-electron chi connectivity index (χ0n) is 10.5. The summed E-state index contributed by atoms with van der Waals surface area (Å²) in [4.78, 5) is 11.7. The van der Waals surface area contributed by atoms with E-state index in [0.29, 0.717) is 5.92 Å². The smallest absolute Gasteiger partial charge is 0.227 e. The maximum Gasteiger partial charge on any atom is 0.227 e. The van der Waals surface area contributed by atoms with Gasteiger partial charge in [-0.2, -0.15) is 0 Å². The molecular weight excluding hydrogens is 212 g/mol. The van der Waals surface area contributed by atoms with Gasteiger partial charge in [0.05, 0.1) is 0 Å². The maximum atomic E-state index is 11.7. The molecule has 2 atom stereocenters. The number of hydrogen-bond acceptors (Lipinski definition) is 2. The normalized spacial score (nSPS) is 22.2. The molecule has 0 bridgehead atoms. The van der Waals surface area contributed by atoms with Crippen LogP contribution in [-0.2, 0) is 11.3 Å². The quantitative estimate of drug-likeness (QED) is 0.818. The van der Waals surface area contributed by atoms with E-state index in [2.05, 4.69) is 36.6 Å². The molecule has 1 aliphatic carbocycles. The lowest BCUT2D eigenvalue weighted by Gasteiger charge is -2.06. The summed E-state index contributed by atoms with van der Waals surface area (Å²) in [6.07, 6.45) is 1.03. The number of carbonyl (C=O) groups is 1. The molecule has 1 aromatic rings. The number of amides is 1. The summed E-state index contributed by atoms with van der Waals surface area (Å²) in [6.45, 7) is 6.05. The Kier molecular flexibility index (Phi) is 3.79. The third kappa shape index (κ3) is 3.30. The number of carbonyl (C=O) groups excluding carboxylic acids is 1. The second-order valence-corrected chi connectivity index (χ2v) is 4.79. The van der Waals surface area contributed by atoms with Gasteiger partial charge in [-0.1, -0.05) is 26.0 Å². The number of nitrogens with one attached hydrogen (secondary N) is 2. The highest BCUT2D eigenvalue weighted by Crippen LogP contribution is 2.38. The van der Waals surface area contributed by atoms with Gasteiger partial charge in [-0.15, -0.1) is 0 Å². The highest BCUT2D eigenvalue weighted by Gasteiger charge is 2.38. The Morgan fingerprint density at radius 1 is 1.35 bits per heavy atom. The molecule has 1 saturated carbocycles. The minimum atomic E-state index is 0.164. The molecule has 17 heavy (non-hydrogen) atoms. The Hall–Kier alpha value is -1.35. The minimum Gasteiger partial charge on any atom is -0.326 e. The standard InChI is InChI=1S/C14H20N2O/c1-3-15-9-11-4-6-12(7-5-11)16-14(17)13-8-10(13)2/h4-7,10,13,15H,3,8-9H2,1-2H3,(H,16,17). The molecule has 0 saturated heterocycles. The monoisotopic (exact) mass is 232 g/mol. The van der Waals surface area contributed by atoms with Crippen molar-refractivity contribution in [2.45, 2.75) is 26.8 Å². The van der Waals surface area contributed by atoms with Crippen molar-refractivity contribution in [2.75, 3.05) is 11.9 Å². The molecule has 1 aromatic carbocycles. The summed E-state index contributed by atoms with van der Waals surface area (Å²) in [5, 5.41) is 6.23. The Bertz CT molecular complexity index is 386. The highest BCUT2D eigenvalue weighted by molar-refractivity contribution is 5.94. The van der Waals surface area contributed by atoms with Crippen LogP contribution in [0, 0.1) is 11.8 Å². The fourth-order valence-electron chi connectivity index (χ4n) is 1.90. The molecule has 3 nitrogen and oxygen atoms in total. The second-order valence-electron chi connectivity index (χ2n) is 4.79. The third-order valence-corrected chi connectivity index (χ3v) is 3.25. The first-order valence-corrected chi connectivity index (χ1v) is 6.31. The van der Waals surface area contributed by atoms with E-state index in [1.54, 1.807) is 0 Å². The molecule has 1 fully saturated rings. The van der Waals surface area contributed by atoms with Crippen LogP contribution in [0.4, 0.5) is 5.69 Å². The summed E-state index contributed by atoms with van der Waals surface area (Å²) in [7, 11) is 0. The average Bonchev–Trinajstić information content (AvgIpc) is 3.06. The molecule has 0 radical (unpaired) electrons. The van der Waals surface area contributed by atoms with Crippen molar-refractivity contribution in [2.24, 2.45) is 11.8 Å². The first kappa shape index (κ1) is 12.1. The van der Waals surface area contributed by atoms with E-state index in [9.17, 15) is 4.79 Å². The third-order valence-electron chi connectivity index (χ3n) is 3.25. The predicted octanol–water partition coefficient (Wildman–Crippen LogP) is 2.39. The van der Waals surface area contributed by atoms with Crippen molar-refractivity contribution < 1.29 is 4.79 Å². The fourth-order valence-corrected chi connectivity index (χ4v) is 1.90. The maximum absolute atomic E-state index is 11.7. The molecule has 2 unspecified atom stereocenters. The van der Waals surface area contributed by atoms with E-state index in [4.69, 9.17) is 0 Å². The van der Waals surface area contributed by atoms with Crippen molar-refractivity contribution >= 4 is 11.6 Å². The van der Waals surface area contributed by atoms with Crippen molar-refractivity contribution in [1.29, 1.82) is 0 Å². The van der Waals surface area contributed by atoms with Gasteiger partial charge >= 0.3 is 0 Å². The topological polar surface area (TPSA) is 41.1 Å². The van der Waals surface area contributed by atoms with Gasteiger partial charge in [-0.3, -0.25) is 4.79 Å². The number of rotatable bonds is 5. The van der Waals surface area contributed by atoms with Crippen molar-refractivity contribution in [3.8, 4) is 0 Å². The van der Waals surface area contributed by atoms with Crippen LogP contribution in [0.25, 0.3) is 0 Å². The Morgan fingerprint density at radius 3 is 2.53 bits per heavy atom. The molecule has 2 rings (SSSR count). The number of anilines is 1. The molecule has 0 spiro atoms. The van der Waals surface area contributed by atoms with E-state index < -0.39 is 0 Å². The van der Waals surface area contributed by atoms with Crippen LogP contribution >= 0.6 is 0 Å². The van der Waals surface area contributed by atoms with Gasteiger partial charge in [0.2, 0.25) is 5.91 Å². The van der Waals surface area contributed by atoms with Gasteiger partial charge in [0, 0.05) is 18.2 Å². The zero-order chi connectivity index (χ0) is 12.3. The summed E-state index contributed by atoms with van der Waals surface area (Å²) < 4.78 is 0. The molecule has 92 valence electrons. The van der Waals surface area contributed by atoms with Crippen LogP contribution in [0.5, 0.6) is 0 Å². The predicted molar refractivity (Wildman–Crippen MR) is 69.7 cm³/mol. The molecule has 2 N–H and O–H groups in total. The van der Waals surface area contributed by atoms with Crippen molar-refractivity contribution in [3.63, 3.8) is 0 Å². The summed E-state index contributed by atoms with van der Waals surface area (Å²) in [5.74, 6) is 0.955. The van der Waals surface area contributed by atoms with Gasteiger partial charge in [0.15, 0.2) is 0 Å². The highest BCUT2D eigenvalue weighted by atomic mass is 16.2. The van der Waals surface area contributed by atoms with E-state index >= 15 is 0 Å². The summed E-state index contributed by atoms with van der Waals surface area (Å²) in [6, 6.07) is 8.04. The van der Waals surface area contributed by atoms with Crippen LogP contribution < -0.4 is 10.6 Å². The Labute approximate surface area is 103 Å². The van der Waals surface area contributed by atoms with Crippen molar-refractivity contribution in [1.82, 2.24) is 5.32 Å². The first-order valence-electron chi connectivity index (χ1n) is 6.31. The molecular formula is C14H20N2O. The van der Waals surface area contributed by atoms with Gasteiger partial charge in [0.25, 0.3) is 0 Å². The summed E-state index contributed by atoms with van der Waals surface area (Å²) in [5.41, 5.74) is 2.14. The van der Waals surface area contributed by atoms with Gasteiger partial charge in [0.1, 0.15) is 0 Å². The van der Waals surface area contributed by atoms with E-state index in [1.165, 1.54) is 5.56 Å². The van der Waals surface area contributed by atoms with Crippen LogP contribution in [0.3, 0.4) is 0 Å². The molecule has 1 aliphatic rings. The average molecular weight is 232 g/mol. The minimum absolute atomic E-state index is 0.164. The molecule has 0 aliphatic heterocycles. The fraction of sp³-hybridized carbons (Fsp3) is 0.500. The molecule has 3 heteroatoms. The number of hydrogen-bond donors (Lipinski definition) is 2. The lowest BCUT2D eigenvalue weighted by molar-refractivity contribution is -0.117. The van der Waals surface area contributed by atoms with Crippen LogP contribution in [-0.4, -0.2) is 12.5 Å². The second kappa shape index (κ2) is 5.32. The zero-order valence-corrected chi connectivity index (χ0v) is 10.5. The largest absolute Gasteiger partial charge is 0.326 e. The van der Waals surface area contributed by atoms with Crippen LogP contribution in [0.15, 0.2) is 24.3 Å². The van der Waals surface area contributed by atoms with Crippen LogP contribution in [0.2, 0.25) is 0 Å². The van der Waals surface area contributed by atoms with Gasteiger partial charge < -0.3 is 10.6 Å². The lowest BCUT2D eigenvalue weighted by Crippen LogP contribution is -2.15. The van der Waals surface area contributed by atoms with Gasteiger partial charge in [-0.05, 0) is 36.6 Å². The lowest BCUT2D eigenvalue weighted by atomic mass is 10.2. The van der Waals surface area contributed by atoms with E-state index in [0.717, 1.165) is 25.2 Å². The first-order chi connectivity index (χ1) is 8.20. The Morgan fingerprint density at radius 2 is 2.00 bits per heavy atom. The van der Waals surface area contributed by atoms with E-state index in [1.807, 2.05) is 12.1 Å². The molecule has 1 amide bonds. The SMILES string of the molecule is CCNCc1ccc(NC(=O)C2CC2C)cc1. The van der Waals surface area contributed by atoms with Gasteiger partial charge in [-0.25, -0.2) is 0 Å². The molecule has 0 heterocycles.